The molecule has 0 spiro atoms. The average Bonchev–Trinajstić information content (AvgIpc) is 2.14. The molecule has 0 aliphatic heterocycles. The molecule has 1 rings (SSSR count). The molecule has 0 aliphatic carbocycles. The Morgan fingerprint density at radius 2 is 1.81 bits per heavy atom. The van der Waals surface area contributed by atoms with Gasteiger partial charge in [-0.25, -0.2) is 0 Å². The van der Waals surface area contributed by atoms with Crippen LogP contribution >= 0.6 is 0 Å². The van der Waals surface area contributed by atoms with Gasteiger partial charge in [0.05, 0.1) is 6.10 Å². The summed E-state index contributed by atoms with van der Waals surface area (Å²) in [7, 11) is 0. The van der Waals surface area contributed by atoms with Crippen molar-refractivity contribution in [2.45, 2.75) is 19.4 Å². The first-order chi connectivity index (χ1) is 7.38. The summed E-state index contributed by atoms with van der Waals surface area (Å²) in [4.78, 5) is 0. The first kappa shape index (κ1) is 12.6. The van der Waals surface area contributed by atoms with Gasteiger partial charge in [-0.05, 0) is 19.1 Å². The minimum atomic E-state index is -4.76. The second-order valence-corrected chi connectivity index (χ2v) is 3.15. The van der Waals surface area contributed by atoms with Crippen molar-refractivity contribution in [3.63, 3.8) is 0 Å². The average molecular weight is 236 g/mol. The zero-order chi connectivity index (χ0) is 12.2. The summed E-state index contributed by atoms with van der Waals surface area (Å²) in [5.74, 6) is -0.476. The molecule has 0 amide bonds. The van der Waals surface area contributed by atoms with Gasteiger partial charge in [0, 0.05) is 0 Å². The third-order valence-electron chi connectivity index (χ3n) is 1.55. The smallest absolute Gasteiger partial charge is 0.487 e. The molecule has 0 aliphatic rings. The predicted molar refractivity (Wildman–Crippen MR) is 50.3 cm³/mol. The van der Waals surface area contributed by atoms with Crippen molar-refractivity contribution in [2.75, 3.05) is 6.61 Å². The van der Waals surface area contributed by atoms with Gasteiger partial charge in [-0.3, -0.25) is 0 Å². The van der Waals surface area contributed by atoms with Crippen molar-refractivity contribution in [1.29, 1.82) is 0 Å². The molecule has 1 atom stereocenters. The van der Waals surface area contributed by atoms with Crippen LogP contribution < -0.4 is 9.47 Å². The van der Waals surface area contributed by atoms with Crippen LogP contribution in [0.3, 0.4) is 0 Å². The van der Waals surface area contributed by atoms with Crippen LogP contribution in [0.15, 0.2) is 24.3 Å². The lowest BCUT2D eigenvalue weighted by atomic mass is 10.3. The molecule has 0 bridgehead atoms. The minimum absolute atomic E-state index is 0.0549. The number of halogens is 3. The van der Waals surface area contributed by atoms with Gasteiger partial charge >= 0.3 is 6.36 Å². The zero-order valence-electron chi connectivity index (χ0n) is 8.49. The third-order valence-corrected chi connectivity index (χ3v) is 1.55. The summed E-state index contributed by atoms with van der Waals surface area (Å²) < 4.78 is 44.7. The Hall–Kier alpha value is -1.43. The van der Waals surface area contributed by atoms with Gasteiger partial charge in [0.1, 0.15) is 6.61 Å². The Balaban J connectivity index is 2.75. The highest BCUT2D eigenvalue weighted by atomic mass is 19.4. The van der Waals surface area contributed by atoms with Crippen molar-refractivity contribution in [1.82, 2.24) is 0 Å². The molecule has 0 unspecified atom stereocenters. The van der Waals surface area contributed by atoms with Crippen LogP contribution in [0.25, 0.3) is 0 Å². The molecule has 0 saturated heterocycles. The third kappa shape index (κ3) is 4.39. The van der Waals surface area contributed by atoms with Gasteiger partial charge in [0.25, 0.3) is 0 Å². The second-order valence-electron chi connectivity index (χ2n) is 3.15. The van der Waals surface area contributed by atoms with E-state index in [1.165, 1.54) is 25.1 Å². The van der Waals surface area contributed by atoms with Gasteiger partial charge in [-0.1, -0.05) is 12.1 Å². The van der Waals surface area contributed by atoms with Gasteiger partial charge in [-0.2, -0.15) is 0 Å². The Labute approximate surface area is 90.4 Å². The molecule has 1 aromatic rings. The molecule has 0 fully saturated rings. The molecule has 90 valence electrons. The molecule has 3 nitrogen and oxygen atoms in total. The van der Waals surface area contributed by atoms with Crippen molar-refractivity contribution in [3.05, 3.63) is 24.3 Å². The van der Waals surface area contributed by atoms with Crippen molar-refractivity contribution in [2.24, 2.45) is 0 Å². The maximum atomic E-state index is 12.0. The van der Waals surface area contributed by atoms with E-state index < -0.39 is 18.2 Å². The first-order valence-corrected chi connectivity index (χ1v) is 4.54. The summed E-state index contributed by atoms with van der Waals surface area (Å²) in [5.41, 5.74) is 0. The number of alkyl halides is 3. The number of para-hydroxylation sites is 2. The lowest BCUT2D eigenvalue weighted by Gasteiger charge is -2.14. The SMILES string of the molecule is C[C@@H](O)COc1ccccc1OC(F)(F)F. The van der Waals surface area contributed by atoms with E-state index in [-0.39, 0.29) is 12.4 Å². The van der Waals surface area contributed by atoms with E-state index in [1.807, 2.05) is 0 Å². The summed E-state index contributed by atoms with van der Waals surface area (Å²) in [6.45, 7) is 1.37. The van der Waals surface area contributed by atoms with Crippen LogP contribution in [0.4, 0.5) is 13.2 Å². The van der Waals surface area contributed by atoms with E-state index in [0.717, 1.165) is 6.07 Å². The van der Waals surface area contributed by atoms with Crippen LogP contribution in [0.5, 0.6) is 11.5 Å². The van der Waals surface area contributed by atoms with Gasteiger partial charge < -0.3 is 14.6 Å². The highest BCUT2D eigenvalue weighted by Gasteiger charge is 2.32. The quantitative estimate of drug-likeness (QED) is 0.872. The number of ether oxygens (including phenoxy) is 2. The van der Waals surface area contributed by atoms with Crippen LogP contribution in [0.1, 0.15) is 6.92 Å². The maximum absolute atomic E-state index is 12.0. The van der Waals surface area contributed by atoms with E-state index in [9.17, 15) is 13.2 Å². The number of rotatable bonds is 4. The highest BCUT2D eigenvalue weighted by molar-refractivity contribution is 5.39. The molecule has 6 heteroatoms. The van der Waals surface area contributed by atoms with E-state index in [2.05, 4.69) is 4.74 Å². The van der Waals surface area contributed by atoms with Gasteiger partial charge in [0.2, 0.25) is 0 Å². The summed E-state index contributed by atoms with van der Waals surface area (Å²) in [5, 5.41) is 8.95. The van der Waals surface area contributed by atoms with E-state index in [1.54, 1.807) is 0 Å². The molecule has 0 heterocycles. The van der Waals surface area contributed by atoms with Crippen molar-refractivity contribution in [3.8, 4) is 11.5 Å². The van der Waals surface area contributed by atoms with Crippen LogP contribution in [-0.4, -0.2) is 24.2 Å². The summed E-state index contributed by atoms with van der Waals surface area (Å²) in [6.07, 6.45) is -5.52. The standard InChI is InChI=1S/C10H11F3O3/c1-7(14)6-15-8-4-2-3-5-9(8)16-10(11,12)13/h2-5,7,14H,6H2,1H3/t7-/m1/s1. The van der Waals surface area contributed by atoms with Crippen LogP contribution in [-0.2, 0) is 0 Å². The molecule has 0 aromatic heterocycles. The largest absolute Gasteiger partial charge is 0.573 e. The number of hydrogen-bond acceptors (Lipinski definition) is 3. The van der Waals surface area contributed by atoms with Gasteiger partial charge in [-0.15, -0.1) is 13.2 Å². The van der Waals surface area contributed by atoms with Crippen molar-refractivity contribution < 1.29 is 27.8 Å². The number of hydrogen-bond donors (Lipinski definition) is 1. The fraction of sp³-hybridized carbons (Fsp3) is 0.400. The first-order valence-electron chi connectivity index (χ1n) is 4.54. The van der Waals surface area contributed by atoms with Crippen LogP contribution in [0.2, 0.25) is 0 Å². The fourth-order valence-electron chi connectivity index (χ4n) is 0.989. The lowest BCUT2D eigenvalue weighted by Crippen LogP contribution is -2.19. The second kappa shape index (κ2) is 5.07. The molecule has 1 N–H and O–H groups in total. The van der Waals surface area contributed by atoms with Crippen LogP contribution in [0, 0.1) is 0 Å². The summed E-state index contributed by atoms with van der Waals surface area (Å²) >= 11 is 0. The van der Waals surface area contributed by atoms with E-state index >= 15 is 0 Å². The molecule has 16 heavy (non-hydrogen) atoms. The Morgan fingerprint density at radius 1 is 1.25 bits per heavy atom. The lowest BCUT2D eigenvalue weighted by molar-refractivity contribution is -0.275. The monoisotopic (exact) mass is 236 g/mol. The number of aliphatic hydroxyl groups excluding tert-OH is 1. The fourth-order valence-corrected chi connectivity index (χ4v) is 0.989. The Morgan fingerprint density at radius 3 is 2.31 bits per heavy atom. The number of aliphatic hydroxyl groups is 1. The Bertz CT molecular complexity index is 336. The molecule has 0 radical (unpaired) electrons. The molecule has 0 saturated carbocycles. The minimum Gasteiger partial charge on any atom is -0.487 e. The van der Waals surface area contributed by atoms with Gasteiger partial charge in [0.15, 0.2) is 11.5 Å². The summed E-state index contributed by atoms with van der Waals surface area (Å²) in [6, 6.07) is 5.39. The topological polar surface area (TPSA) is 38.7 Å². The number of benzene rings is 1. The molecular weight excluding hydrogens is 225 g/mol. The normalized spacial score (nSPS) is 13.3. The van der Waals surface area contributed by atoms with Crippen molar-refractivity contribution >= 4 is 0 Å². The molecular formula is C10H11F3O3. The molecule has 1 aromatic carbocycles. The highest BCUT2D eigenvalue weighted by Crippen LogP contribution is 2.31. The Kier molecular flexibility index (Phi) is 4.00. The van der Waals surface area contributed by atoms with E-state index in [4.69, 9.17) is 9.84 Å². The predicted octanol–water partition coefficient (Wildman–Crippen LogP) is 2.34. The van der Waals surface area contributed by atoms with E-state index in [0.29, 0.717) is 0 Å². The maximum Gasteiger partial charge on any atom is 0.573 e. The zero-order valence-corrected chi connectivity index (χ0v) is 8.49.